The summed E-state index contributed by atoms with van der Waals surface area (Å²) in [7, 11) is 0. The summed E-state index contributed by atoms with van der Waals surface area (Å²) < 4.78 is 1.83. The third-order valence-electron chi connectivity index (χ3n) is 3.05. The Morgan fingerprint density at radius 3 is 3.00 bits per heavy atom. The fourth-order valence-electron chi connectivity index (χ4n) is 1.99. The fraction of sp³-hybridized carbons (Fsp3) is 0.417. The van der Waals surface area contributed by atoms with E-state index in [-0.39, 0.29) is 0 Å². The molecule has 6 heteroatoms. The summed E-state index contributed by atoms with van der Waals surface area (Å²) in [4.78, 5) is 16.1. The molecular weight excluding hydrogens is 250 g/mol. The van der Waals surface area contributed by atoms with Crippen molar-refractivity contribution in [2.45, 2.75) is 32.2 Å². The maximum absolute atomic E-state index is 11.2. The highest BCUT2D eigenvalue weighted by atomic mass is 32.1. The predicted molar refractivity (Wildman–Crippen MR) is 67.9 cm³/mol. The minimum atomic E-state index is -0.872. The second kappa shape index (κ2) is 4.20. The minimum Gasteiger partial charge on any atom is -0.477 e. The van der Waals surface area contributed by atoms with Gasteiger partial charge in [-0.25, -0.2) is 9.78 Å². The fourth-order valence-corrected chi connectivity index (χ4v) is 3.01. The number of carboxylic acids is 1. The Hall–Kier alpha value is -1.69. The van der Waals surface area contributed by atoms with E-state index in [0.29, 0.717) is 10.8 Å². The molecule has 1 aliphatic rings. The quantitative estimate of drug-likeness (QED) is 0.920. The van der Waals surface area contributed by atoms with Crippen molar-refractivity contribution in [1.29, 1.82) is 0 Å². The van der Waals surface area contributed by atoms with Gasteiger partial charge in [-0.2, -0.15) is 5.10 Å². The molecule has 18 heavy (non-hydrogen) atoms. The van der Waals surface area contributed by atoms with E-state index in [2.05, 4.69) is 10.1 Å². The van der Waals surface area contributed by atoms with Gasteiger partial charge in [-0.1, -0.05) is 0 Å². The van der Waals surface area contributed by atoms with Crippen LogP contribution in [-0.2, 0) is 6.54 Å². The zero-order chi connectivity index (χ0) is 12.7. The molecule has 1 fully saturated rings. The minimum absolute atomic E-state index is 0.346. The van der Waals surface area contributed by atoms with E-state index >= 15 is 0 Å². The Morgan fingerprint density at radius 2 is 2.39 bits per heavy atom. The van der Waals surface area contributed by atoms with Crippen LogP contribution in [0.25, 0.3) is 10.7 Å². The van der Waals surface area contributed by atoms with Gasteiger partial charge in [0.15, 0.2) is 0 Å². The lowest BCUT2D eigenvalue weighted by Crippen LogP contribution is -1.98. The summed E-state index contributed by atoms with van der Waals surface area (Å²) in [5, 5.41) is 14.2. The van der Waals surface area contributed by atoms with Crippen LogP contribution in [0.2, 0.25) is 0 Å². The third kappa shape index (κ3) is 1.82. The first kappa shape index (κ1) is 11.4. The number of hydrogen-bond acceptors (Lipinski definition) is 4. The van der Waals surface area contributed by atoms with Crippen molar-refractivity contribution in [2.24, 2.45) is 0 Å². The molecule has 0 radical (unpaired) electrons. The molecule has 1 N–H and O–H groups in total. The standard InChI is InChI=1S/C12H13N3O2S/c1-2-15-8(5-6-13-15)11-14-9(7-3-4-7)10(18-11)12(16)17/h5-7H,2-4H2,1H3,(H,16,17). The SMILES string of the molecule is CCn1nccc1-c1nc(C2CC2)c(C(=O)O)s1. The van der Waals surface area contributed by atoms with E-state index in [1.807, 2.05) is 17.7 Å². The monoisotopic (exact) mass is 263 g/mol. The molecule has 0 aromatic carbocycles. The van der Waals surface area contributed by atoms with Crippen LogP contribution >= 0.6 is 11.3 Å². The maximum atomic E-state index is 11.2. The van der Waals surface area contributed by atoms with Crippen molar-refractivity contribution in [1.82, 2.24) is 14.8 Å². The zero-order valence-electron chi connectivity index (χ0n) is 9.96. The predicted octanol–water partition coefficient (Wildman–Crippen LogP) is 2.60. The Kier molecular flexibility index (Phi) is 2.66. The molecular formula is C12H13N3O2S. The van der Waals surface area contributed by atoms with Gasteiger partial charge in [0.25, 0.3) is 0 Å². The van der Waals surface area contributed by atoms with Crippen LogP contribution in [-0.4, -0.2) is 25.8 Å². The molecule has 94 valence electrons. The molecule has 1 aliphatic carbocycles. The van der Waals surface area contributed by atoms with E-state index in [4.69, 9.17) is 0 Å². The average Bonchev–Trinajstić information content (AvgIpc) is 2.94. The number of aromatic carboxylic acids is 1. The van der Waals surface area contributed by atoms with E-state index in [0.717, 1.165) is 35.8 Å². The van der Waals surface area contributed by atoms with Crippen LogP contribution < -0.4 is 0 Å². The Balaban J connectivity index is 2.08. The van der Waals surface area contributed by atoms with Crippen LogP contribution in [0.5, 0.6) is 0 Å². The van der Waals surface area contributed by atoms with E-state index in [1.165, 1.54) is 11.3 Å². The summed E-state index contributed by atoms with van der Waals surface area (Å²) in [6.45, 7) is 2.76. The lowest BCUT2D eigenvalue weighted by atomic mass is 10.2. The number of hydrogen-bond donors (Lipinski definition) is 1. The average molecular weight is 263 g/mol. The number of aryl methyl sites for hydroxylation is 1. The van der Waals surface area contributed by atoms with Crippen LogP contribution in [0.1, 0.15) is 41.0 Å². The van der Waals surface area contributed by atoms with Crippen LogP contribution in [0.3, 0.4) is 0 Å². The van der Waals surface area contributed by atoms with E-state index in [1.54, 1.807) is 6.20 Å². The van der Waals surface area contributed by atoms with Crippen molar-refractivity contribution in [3.63, 3.8) is 0 Å². The molecule has 5 nitrogen and oxygen atoms in total. The summed E-state index contributed by atoms with van der Waals surface area (Å²) in [6, 6.07) is 1.88. The van der Waals surface area contributed by atoms with E-state index in [9.17, 15) is 9.90 Å². The first-order valence-electron chi connectivity index (χ1n) is 5.97. The number of nitrogens with zero attached hydrogens (tertiary/aromatic N) is 3. The Morgan fingerprint density at radius 1 is 1.61 bits per heavy atom. The molecule has 0 aliphatic heterocycles. The lowest BCUT2D eigenvalue weighted by molar-refractivity contribution is 0.0700. The van der Waals surface area contributed by atoms with Crippen molar-refractivity contribution in [2.75, 3.05) is 0 Å². The van der Waals surface area contributed by atoms with Gasteiger partial charge in [0.05, 0.1) is 11.4 Å². The van der Waals surface area contributed by atoms with Gasteiger partial charge in [-0.15, -0.1) is 11.3 Å². The molecule has 3 rings (SSSR count). The molecule has 0 saturated heterocycles. The van der Waals surface area contributed by atoms with Crippen LogP contribution in [0, 0.1) is 0 Å². The molecule has 2 aromatic rings. The summed E-state index contributed by atoms with van der Waals surface area (Å²) in [6.07, 6.45) is 3.82. The normalized spacial score (nSPS) is 14.9. The van der Waals surface area contributed by atoms with Crippen LogP contribution in [0.4, 0.5) is 0 Å². The summed E-state index contributed by atoms with van der Waals surface area (Å²) >= 11 is 1.25. The van der Waals surface area contributed by atoms with Crippen molar-refractivity contribution < 1.29 is 9.90 Å². The number of thiazole rings is 1. The zero-order valence-corrected chi connectivity index (χ0v) is 10.8. The highest BCUT2D eigenvalue weighted by molar-refractivity contribution is 7.17. The van der Waals surface area contributed by atoms with Gasteiger partial charge < -0.3 is 5.11 Å². The largest absolute Gasteiger partial charge is 0.477 e. The number of rotatable bonds is 4. The number of carbonyl (C=O) groups is 1. The van der Waals surface area contributed by atoms with Crippen LogP contribution in [0.15, 0.2) is 12.3 Å². The van der Waals surface area contributed by atoms with Crippen molar-refractivity contribution in [3.05, 3.63) is 22.8 Å². The first-order chi connectivity index (χ1) is 8.70. The maximum Gasteiger partial charge on any atom is 0.347 e. The Bertz CT molecular complexity index is 598. The highest BCUT2D eigenvalue weighted by Crippen LogP contribution is 2.44. The highest BCUT2D eigenvalue weighted by Gasteiger charge is 2.32. The first-order valence-corrected chi connectivity index (χ1v) is 6.78. The molecule has 2 aromatic heterocycles. The number of aromatic nitrogens is 3. The second-order valence-electron chi connectivity index (χ2n) is 4.35. The van der Waals surface area contributed by atoms with Gasteiger partial charge in [-0.05, 0) is 25.8 Å². The van der Waals surface area contributed by atoms with Gasteiger partial charge >= 0.3 is 5.97 Å². The van der Waals surface area contributed by atoms with Gasteiger partial charge in [0, 0.05) is 18.7 Å². The molecule has 0 atom stereocenters. The van der Waals surface area contributed by atoms with Gasteiger partial charge in [0.1, 0.15) is 9.88 Å². The lowest BCUT2D eigenvalue weighted by Gasteiger charge is -1.99. The smallest absolute Gasteiger partial charge is 0.347 e. The molecule has 0 unspecified atom stereocenters. The third-order valence-corrected chi connectivity index (χ3v) is 4.13. The second-order valence-corrected chi connectivity index (χ2v) is 5.34. The van der Waals surface area contributed by atoms with Crippen molar-refractivity contribution in [3.8, 4) is 10.7 Å². The van der Waals surface area contributed by atoms with Gasteiger partial charge in [-0.3, -0.25) is 4.68 Å². The Labute approximate surface area is 108 Å². The summed E-state index contributed by atoms with van der Waals surface area (Å²) in [5.74, 6) is -0.526. The van der Waals surface area contributed by atoms with E-state index < -0.39 is 5.97 Å². The number of carboxylic acid groups (broad SMARTS) is 1. The molecule has 0 spiro atoms. The topological polar surface area (TPSA) is 68.0 Å². The molecule has 0 bridgehead atoms. The summed E-state index contributed by atoms with van der Waals surface area (Å²) in [5.41, 5.74) is 1.66. The van der Waals surface area contributed by atoms with Gasteiger partial charge in [0.2, 0.25) is 0 Å². The molecule has 0 amide bonds. The van der Waals surface area contributed by atoms with Crippen molar-refractivity contribution >= 4 is 17.3 Å². The molecule has 1 saturated carbocycles. The molecule has 2 heterocycles.